The van der Waals surface area contributed by atoms with Gasteiger partial charge in [-0.2, -0.15) is 17.5 Å². The zero-order valence-electron chi connectivity index (χ0n) is 11.4. The molecule has 0 saturated carbocycles. The molecule has 0 amide bonds. The highest BCUT2D eigenvalue weighted by Gasteiger charge is 2.41. The van der Waals surface area contributed by atoms with Crippen LogP contribution in [0.15, 0.2) is 16.9 Å². The van der Waals surface area contributed by atoms with Crippen LogP contribution in [0.25, 0.3) is 0 Å². The van der Waals surface area contributed by atoms with Gasteiger partial charge in [-0.25, -0.2) is 8.42 Å². The Morgan fingerprint density at radius 1 is 1.33 bits per heavy atom. The second-order valence-corrected chi connectivity index (χ2v) is 6.87. The molecule has 21 heavy (non-hydrogen) atoms. The molecule has 120 valence electrons. The third-order valence-electron chi connectivity index (χ3n) is 3.51. The van der Waals surface area contributed by atoms with Crippen molar-refractivity contribution in [3.05, 3.63) is 18.0 Å². The normalized spacial score (nSPS) is 20.6. The van der Waals surface area contributed by atoms with Crippen molar-refractivity contribution >= 4 is 10.0 Å². The first-order valence-electron chi connectivity index (χ1n) is 6.38. The Labute approximate surface area is 120 Å². The molecule has 1 atom stereocenters. The lowest BCUT2D eigenvalue weighted by Crippen LogP contribution is -2.54. The van der Waals surface area contributed by atoms with E-state index in [0.717, 1.165) is 6.92 Å². The van der Waals surface area contributed by atoms with Crippen LogP contribution in [0.3, 0.4) is 0 Å². The summed E-state index contributed by atoms with van der Waals surface area (Å²) in [5, 5.41) is 3.53. The number of hydrogen-bond acceptors (Lipinski definition) is 5. The predicted molar refractivity (Wildman–Crippen MR) is 67.8 cm³/mol. The molecular weight excluding hydrogens is 311 g/mol. The van der Waals surface area contributed by atoms with Gasteiger partial charge >= 0.3 is 6.18 Å². The largest absolute Gasteiger partial charge is 0.403 e. The molecule has 1 saturated heterocycles. The molecule has 0 aliphatic carbocycles. The Hall–Kier alpha value is -1.13. The van der Waals surface area contributed by atoms with Gasteiger partial charge in [0, 0.05) is 32.2 Å². The summed E-state index contributed by atoms with van der Waals surface area (Å²) in [7, 11) is -3.59. The minimum Gasteiger partial charge on any atom is -0.364 e. The summed E-state index contributed by atoms with van der Waals surface area (Å²) in [6, 6.07) is -0.127. The number of aromatic nitrogens is 1. The second kappa shape index (κ2) is 5.93. The molecule has 2 heterocycles. The Kier molecular flexibility index (Phi) is 4.59. The van der Waals surface area contributed by atoms with E-state index in [-0.39, 0.29) is 37.6 Å². The van der Waals surface area contributed by atoms with Gasteiger partial charge in [-0.15, -0.1) is 0 Å². The van der Waals surface area contributed by atoms with Crippen molar-refractivity contribution in [2.24, 2.45) is 0 Å². The second-order valence-electron chi connectivity index (χ2n) is 4.90. The van der Waals surface area contributed by atoms with E-state index in [1.165, 1.54) is 21.5 Å². The molecular formula is C11H16F3N3O3S. The van der Waals surface area contributed by atoms with E-state index < -0.39 is 22.2 Å². The van der Waals surface area contributed by atoms with E-state index in [1.54, 1.807) is 0 Å². The highest BCUT2D eigenvalue weighted by Crippen LogP contribution is 2.25. The van der Waals surface area contributed by atoms with Crippen molar-refractivity contribution in [1.82, 2.24) is 14.4 Å². The van der Waals surface area contributed by atoms with Crippen LogP contribution < -0.4 is 0 Å². The van der Waals surface area contributed by atoms with Crippen molar-refractivity contribution in [2.75, 3.05) is 26.2 Å². The van der Waals surface area contributed by atoms with Gasteiger partial charge in [-0.3, -0.25) is 4.90 Å². The van der Waals surface area contributed by atoms with E-state index in [1.807, 2.05) is 0 Å². The molecule has 0 N–H and O–H groups in total. The third-order valence-corrected chi connectivity index (χ3v) is 5.32. The zero-order valence-corrected chi connectivity index (χ0v) is 12.2. The summed E-state index contributed by atoms with van der Waals surface area (Å²) in [6.45, 7) is 1.28. The number of hydrogen-bond donors (Lipinski definition) is 0. The third kappa shape index (κ3) is 3.95. The zero-order chi connectivity index (χ0) is 15.7. The fourth-order valence-electron chi connectivity index (χ4n) is 2.17. The van der Waals surface area contributed by atoms with Crippen LogP contribution in [0.5, 0.6) is 0 Å². The van der Waals surface area contributed by atoms with Gasteiger partial charge in [0.2, 0.25) is 10.0 Å². The molecule has 0 spiro atoms. The van der Waals surface area contributed by atoms with E-state index in [4.69, 9.17) is 0 Å². The average Bonchev–Trinajstić information content (AvgIpc) is 2.89. The summed E-state index contributed by atoms with van der Waals surface area (Å²) in [5.74, 6) is -0.307. The van der Waals surface area contributed by atoms with Gasteiger partial charge < -0.3 is 4.52 Å². The molecule has 1 fully saturated rings. The van der Waals surface area contributed by atoms with Crippen LogP contribution in [0.1, 0.15) is 12.6 Å². The number of piperazine rings is 1. The Morgan fingerprint density at radius 2 is 1.95 bits per heavy atom. The molecule has 1 aliphatic rings. The van der Waals surface area contributed by atoms with E-state index in [0.29, 0.717) is 0 Å². The summed E-state index contributed by atoms with van der Waals surface area (Å²) >= 11 is 0. The van der Waals surface area contributed by atoms with Crippen LogP contribution in [-0.2, 0) is 15.8 Å². The first-order valence-corrected chi connectivity index (χ1v) is 7.99. The maximum Gasteiger partial charge on any atom is 0.403 e. The lowest BCUT2D eigenvalue weighted by atomic mass is 10.2. The van der Waals surface area contributed by atoms with Crippen LogP contribution in [0, 0.1) is 0 Å². The van der Waals surface area contributed by atoms with Gasteiger partial charge in [0.1, 0.15) is 18.1 Å². The van der Waals surface area contributed by atoms with Gasteiger partial charge in [0.25, 0.3) is 0 Å². The highest BCUT2D eigenvalue weighted by molar-refractivity contribution is 7.88. The first kappa shape index (κ1) is 16.2. The fraction of sp³-hybridized carbons (Fsp3) is 0.727. The fourth-order valence-corrected chi connectivity index (χ4v) is 3.59. The van der Waals surface area contributed by atoms with Crippen LogP contribution in [-0.4, -0.2) is 61.2 Å². The Morgan fingerprint density at radius 3 is 2.43 bits per heavy atom. The van der Waals surface area contributed by atoms with Crippen molar-refractivity contribution < 1.29 is 26.1 Å². The molecule has 6 nitrogen and oxygen atoms in total. The quantitative estimate of drug-likeness (QED) is 0.828. The van der Waals surface area contributed by atoms with Crippen LogP contribution >= 0.6 is 0 Å². The molecule has 0 bridgehead atoms. The Bertz CT molecular complexity index is 551. The van der Waals surface area contributed by atoms with Crippen LogP contribution in [0.2, 0.25) is 0 Å². The smallest absolute Gasteiger partial charge is 0.364 e. The minimum atomic E-state index is -4.30. The maximum absolute atomic E-state index is 12.6. The predicted octanol–water partition coefficient (Wildman–Crippen LogP) is 1.07. The number of halogens is 3. The average molecular weight is 327 g/mol. The molecule has 0 unspecified atom stereocenters. The van der Waals surface area contributed by atoms with Gasteiger partial charge in [0.15, 0.2) is 0 Å². The van der Waals surface area contributed by atoms with Gasteiger partial charge in [-0.05, 0) is 6.92 Å². The minimum absolute atomic E-state index is 0.0423. The van der Waals surface area contributed by atoms with E-state index >= 15 is 0 Å². The number of nitrogens with zero attached hydrogens (tertiary/aromatic N) is 3. The molecule has 2 rings (SSSR count). The summed E-state index contributed by atoms with van der Waals surface area (Å²) in [6.07, 6.45) is -3.03. The molecule has 1 aromatic heterocycles. The van der Waals surface area contributed by atoms with Gasteiger partial charge in [-0.1, -0.05) is 5.16 Å². The SMILES string of the molecule is C[C@H](N1CCN(S(=O)(=O)Cc2ccon2)CC1)C(F)(F)F. The molecule has 1 aliphatic heterocycles. The van der Waals surface area contributed by atoms with E-state index in [2.05, 4.69) is 9.68 Å². The molecule has 0 aromatic carbocycles. The van der Waals surface area contributed by atoms with Gasteiger partial charge in [0.05, 0.1) is 5.69 Å². The molecule has 10 heteroatoms. The van der Waals surface area contributed by atoms with Crippen molar-refractivity contribution in [3.63, 3.8) is 0 Å². The van der Waals surface area contributed by atoms with Crippen molar-refractivity contribution in [2.45, 2.75) is 24.9 Å². The van der Waals surface area contributed by atoms with Crippen molar-refractivity contribution in [3.8, 4) is 0 Å². The summed E-state index contributed by atoms with van der Waals surface area (Å²) < 4.78 is 67.9. The van der Waals surface area contributed by atoms with Crippen LogP contribution in [0.4, 0.5) is 13.2 Å². The van der Waals surface area contributed by atoms with Crippen molar-refractivity contribution in [1.29, 1.82) is 0 Å². The number of alkyl halides is 3. The lowest BCUT2D eigenvalue weighted by Gasteiger charge is -2.37. The maximum atomic E-state index is 12.6. The lowest BCUT2D eigenvalue weighted by molar-refractivity contribution is -0.181. The topological polar surface area (TPSA) is 66.7 Å². The van der Waals surface area contributed by atoms with E-state index in [9.17, 15) is 21.6 Å². The first-order chi connectivity index (χ1) is 9.70. The molecule has 1 aromatic rings. The highest BCUT2D eigenvalue weighted by atomic mass is 32.2. The molecule has 0 radical (unpaired) electrons. The number of rotatable bonds is 4. The Balaban J connectivity index is 1.94. The monoisotopic (exact) mass is 327 g/mol. The standard InChI is InChI=1S/C11H16F3N3O3S/c1-9(11(12,13)14)16-3-5-17(6-4-16)21(18,19)8-10-2-7-20-15-10/h2,7,9H,3-6,8H2,1H3/t9-/m0/s1. The summed E-state index contributed by atoms with van der Waals surface area (Å²) in [5.41, 5.74) is 0.279. The number of sulfonamides is 1. The summed E-state index contributed by atoms with van der Waals surface area (Å²) in [4.78, 5) is 1.24.